The van der Waals surface area contributed by atoms with Gasteiger partial charge in [0.05, 0.1) is 5.54 Å². The lowest BCUT2D eigenvalue weighted by atomic mass is 9.75. The Bertz CT molecular complexity index is 616. The molecule has 1 aromatic rings. The van der Waals surface area contributed by atoms with Crippen LogP contribution in [-0.2, 0) is 9.59 Å². The molecule has 2 amide bonds. The van der Waals surface area contributed by atoms with Gasteiger partial charge in [-0.25, -0.2) is 0 Å². The molecule has 3 rings (SSSR count). The number of fused-ring (bicyclic) bond motifs is 1. The third-order valence-electron chi connectivity index (χ3n) is 5.32. The van der Waals surface area contributed by atoms with E-state index in [0.29, 0.717) is 19.0 Å². The summed E-state index contributed by atoms with van der Waals surface area (Å²) >= 11 is 0. The number of benzene rings is 1. The zero-order chi connectivity index (χ0) is 17.3. The number of hydrogen-bond donors (Lipinski definition) is 2. The van der Waals surface area contributed by atoms with Crippen LogP contribution in [0.3, 0.4) is 0 Å². The number of carbonyl (C=O) groups excluding carboxylic acids is 2. The Hall–Kier alpha value is -1.88. The van der Waals surface area contributed by atoms with E-state index in [9.17, 15) is 9.59 Å². The maximum Gasteiger partial charge on any atom is 0.225 e. The number of carbonyl (C=O) groups is 2. The average molecular weight is 329 g/mol. The van der Waals surface area contributed by atoms with Crippen LogP contribution in [0.1, 0.15) is 38.8 Å². The van der Waals surface area contributed by atoms with Crippen LogP contribution in [0.25, 0.3) is 0 Å². The van der Waals surface area contributed by atoms with Gasteiger partial charge in [-0.3, -0.25) is 9.59 Å². The van der Waals surface area contributed by atoms with Crippen LogP contribution < -0.4 is 10.6 Å². The van der Waals surface area contributed by atoms with Gasteiger partial charge in [0.15, 0.2) is 0 Å². The average Bonchev–Trinajstić information content (AvgIpc) is 2.92. The molecule has 24 heavy (non-hydrogen) atoms. The maximum atomic E-state index is 12.5. The molecule has 5 nitrogen and oxygen atoms in total. The van der Waals surface area contributed by atoms with E-state index in [1.54, 1.807) is 6.92 Å². The van der Waals surface area contributed by atoms with E-state index >= 15 is 0 Å². The summed E-state index contributed by atoms with van der Waals surface area (Å²) in [7, 11) is 0. The van der Waals surface area contributed by atoms with E-state index in [-0.39, 0.29) is 29.3 Å². The van der Waals surface area contributed by atoms with Crippen LogP contribution in [0.5, 0.6) is 0 Å². The van der Waals surface area contributed by atoms with Crippen molar-refractivity contribution in [3.05, 3.63) is 35.9 Å². The topological polar surface area (TPSA) is 61.4 Å². The molecule has 2 fully saturated rings. The lowest BCUT2D eigenvalue weighted by molar-refractivity contribution is -0.139. The molecule has 130 valence electrons. The first kappa shape index (κ1) is 17.0. The van der Waals surface area contributed by atoms with Crippen LogP contribution in [0.4, 0.5) is 0 Å². The Balaban J connectivity index is 1.88. The number of nitrogens with zero attached hydrogens (tertiary/aromatic N) is 1. The Morgan fingerprint density at radius 2 is 2.00 bits per heavy atom. The molecule has 1 aromatic carbocycles. The van der Waals surface area contributed by atoms with Gasteiger partial charge in [0, 0.05) is 44.4 Å². The summed E-state index contributed by atoms with van der Waals surface area (Å²) in [6, 6.07) is 10.6. The molecule has 0 aromatic heterocycles. The molecular formula is C19H27N3O2. The summed E-state index contributed by atoms with van der Waals surface area (Å²) in [6.45, 7) is 7.46. The fraction of sp³-hybridized carbons (Fsp3) is 0.579. The Morgan fingerprint density at radius 3 is 2.62 bits per heavy atom. The van der Waals surface area contributed by atoms with E-state index in [2.05, 4.69) is 22.8 Å². The molecule has 0 radical (unpaired) electrons. The Morgan fingerprint density at radius 1 is 1.29 bits per heavy atom. The van der Waals surface area contributed by atoms with Gasteiger partial charge in [-0.1, -0.05) is 44.2 Å². The van der Waals surface area contributed by atoms with Crippen LogP contribution >= 0.6 is 0 Å². The van der Waals surface area contributed by atoms with Crippen LogP contribution in [0, 0.1) is 11.8 Å². The molecular weight excluding hydrogens is 302 g/mol. The zero-order valence-corrected chi connectivity index (χ0v) is 14.7. The molecule has 0 bridgehead atoms. The van der Waals surface area contributed by atoms with Crippen LogP contribution in [0.2, 0.25) is 0 Å². The van der Waals surface area contributed by atoms with Crippen molar-refractivity contribution < 1.29 is 9.59 Å². The van der Waals surface area contributed by atoms with E-state index < -0.39 is 0 Å². The molecule has 2 aliphatic heterocycles. The highest BCUT2D eigenvalue weighted by Gasteiger charge is 2.53. The van der Waals surface area contributed by atoms with Crippen molar-refractivity contribution >= 4 is 11.8 Å². The largest absolute Gasteiger partial charge is 0.347 e. The van der Waals surface area contributed by atoms with Gasteiger partial charge in [-0.15, -0.1) is 0 Å². The minimum absolute atomic E-state index is 0.0183. The second-order valence-corrected chi connectivity index (χ2v) is 7.42. The van der Waals surface area contributed by atoms with Gasteiger partial charge in [0.1, 0.15) is 0 Å². The van der Waals surface area contributed by atoms with Gasteiger partial charge in [-0.2, -0.15) is 0 Å². The lowest BCUT2D eigenvalue weighted by Crippen LogP contribution is -2.64. The van der Waals surface area contributed by atoms with Crippen molar-refractivity contribution in [3.8, 4) is 0 Å². The third-order valence-corrected chi connectivity index (χ3v) is 5.32. The van der Waals surface area contributed by atoms with Crippen molar-refractivity contribution in [1.29, 1.82) is 0 Å². The fourth-order valence-electron chi connectivity index (χ4n) is 4.31. The highest BCUT2D eigenvalue weighted by atomic mass is 16.2. The van der Waals surface area contributed by atoms with Crippen molar-refractivity contribution in [3.63, 3.8) is 0 Å². The highest BCUT2D eigenvalue weighted by molar-refractivity contribution is 5.79. The lowest BCUT2D eigenvalue weighted by Gasteiger charge is -2.46. The summed E-state index contributed by atoms with van der Waals surface area (Å²) in [5.74, 6) is 0.408. The second-order valence-electron chi connectivity index (χ2n) is 7.42. The van der Waals surface area contributed by atoms with E-state index in [4.69, 9.17) is 0 Å². The van der Waals surface area contributed by atoms with Crippen LogP contribution in [0.15, 0.2) is 30.3 Å². The summed E-state index contributed by atoms with van der Waals surface area (Å²) < 4.78 is 0. The maximum absolute atomic E-state index is 12.5. The second kappa shape index (κ2) is 6.55. The molecule has 0 saturated carbocycles. The van der Waals surface area contributed by atoms with Crippen molar-refractivity contribution in [2.45, 2.75) is 38.8 Å². The summed E-state index contributed by atoms with van der Waals surface area (Å²) in [5.41, 5.74) is 0.869. The molecule has 2 heterocycles. The molecule has 0 aliphatic carbocycles. The quantitative estimate of drug-likeness (QED) is 0.887. The number of hydrogen-bond acceptors (Lipinski definition) is 3. The SMILES string of the molecule is CC(=O)N[C@]12CN[C@H](c3ccccc3)[C@H]1CCN(C(=O)C(C)C)C2. The number of nitrogens with one attached hydrogen (secondary N) is 2. The molecule has 2 saturated heterocycles. The number of likely N-dealkylation sites (tertiary alicyclic amines) is 1. The number of piperidine rings is 1. The molecule has 2 aliphatic rings. The Labute approximate surface area is 143 Å². The van der Waals surface area contributed by atoms with Gasteiger partial charge in [-0.05, 0) is 12.0 Å². The van der Waals surface area contributed by atoms with Crippen molar-refractivity contribution in [1.82, 2.24) is 15.5 Å². The molecule has 0 unspecified atom stereocenters. The first-order valence-electron chi connectivity index (χ1n) is 8.79. The number of amides is 2. The fourth-order valence-corrected chi connectivity index (χ4v) is 4.31. The van der Waals surface area contributed by atoms with E-state index in [1.165, 1.54) is 5.56 Å². The molecule has 0 spiro atoms. The Kier molecular flexibility index (Phi) is 4.63. The number of rotatable bonds is 3. The summed E-state index contributed by atoms with van der Waals surface area (Å²) in [6.07, 6.45) is 0.894. The predicted molar refractivity (Wildman–Crippen MR) is 93.3 cm³/mol. The van der Waals surface area contributed by atoms with Crippen LogP contribution in [-0.4, -0.2) is 41.9 Å². The summed E-state index contributed by atoms with van der Waals surface area (Å²) in [5, 5.41) is 6.78. The van der Waals surface area contributed by atoms with Gasteiger partial charge in [0.25, 0.3) is 0 Å². The first-order chi connectivity index (χ1) is 11.4. The minimum atomic E-state index is -0.380. The molecule has 2 N–H and O–H groups in total. The van der Waals surface area contributed by atoms with Gasteiger partial charge < -0.3 is 15.5 Å². The monoisotopic (exact) mass is 329 g/mol. The van der Waals surface area contributed by atoms with Gasteiger partial charge >= 0.3 is 0 Å². The first-order valence-corrected chi connectivity index (χ1v) is 8.79. The van der Waals surface area contributed by atoms with Crippen molar-refractivity contribution in [2.24, 2.45) is 11.8 Å². The van der Waals surface area contributed by atoms with Crippen molar-refractivity contribution in [2.75, 3.05) is 19.6 Å². The normalized spacial score (nSPS) is 29.4. The smallest absolute Gasteiger partial charge is 0.225 e. The highest BCUT2D eigenvalue weighted by Crippen LogP contribution is 2.42. The third kappa shape index (κ3) is 3.05. The zero-order valence-electron chi connectivity index (χ0n) is 14.7. The van der Waals surface area contributed by atoms with E-state index in [0.717, 1.165) is 13.0 Å². The molecule has 5 heteroatoms. The predicted octanol–water partition coefficient (Wildman–Crippen LogP) is 1.71. The van der Waals surface area contributed by atoms with E-state index in [1.807, 2.05) is 36.9 Å². The molecule has 3 atom stereocenters. The minimum Gasteiger partial charge on any atom is -0.347 e. The standard InChI is InChI=1S/C19H27N3O2/c1-13(2)18(24)22-10-9-16-17(15-7-5-4-6-8-15)20-11-19(16,12-22)21-14(3)23/h4-8,13,16-17,20H,9-12H2,1-3H3,(H,21,23)/t16-,17-,19+/m1/s1. The van der Waals surface area contributed by atoms with Gasteiger partial charge in [0.2, 0.25) is 11.8 Å². The summed E-state index contributed by atoms with van der Waals surface area (Å²) in [4.78, 5) is 26.2.